The van der Waals surface area contributed by atoms with E-state index in [2.05, 4.69) is 29.6 Å². The van der Waals surface area contributed by atoms with Crippen LogP contribution in [0.5, 0.6) is 0 Å². The highest BCUT2D eigenvalue weighted by molar-refractivity contribution is 6.17. The summed E-state index contributed by atoms with van der Waals surface area (Å²) in [6.07, 6.45) is 2.82. The van der Waals surface area contributed by atoms with E-state index in [9.17, 15) is 0 Å². The number of hydrogen-bond acceptors (Lipinski definition) is 2. The van der Waals surface area contributed by atoms with E-state index in [4.69, 9.17) is 16.3 Å². The molecular formula is C13H18ClNO. The van der Waals surface area contributed by atoms with E-state index < -0.39 is 0 Å². The van der Waals surface area contributed by atoms with E-state index >= 15 is 0 Å². The number of ether oxygens (including phenoxy) is 1. The standard InChI is InChI=1S/C13H18ClNO/c14-8-11-3-5-12(6-4-11)9-15-10-13-2-1-7-16-13/h3-6,13,15H,1-2,7-10H2. The minimum absolute atomic E-state index is 0.419. The molecule has 1 saturated heterocycles. The largest absolute Gasteiger partial charge is 0.377 e. The first-order valence-corrected chi connectivity index (χ1v) is 6.38. The quantitative estimate of drug-likeness (QED) is 0.798. The molecule has 0 saturated carbocycles. The lowest BCUT2D eigenvalue weighted by Crippen LogP contribution is -2.25. The van der Waals surface area contributed by atoms with Gasteiger partial charge in [0.05, 0.1) is 6.10 Å². The SMILES string of the molecule is ClCc1ccc(CNCC2CCCO2)cc1. The number of halogens is 1. The number of benzene rings is 1. The van der Waals surface area contributed by atoms with Crippen LogP contribution in [0.2, 0.25) is 0 Å². The summed E-state index contributed by atoms with van der Waals surface area (Å²) in [6.45, 7) is 2.79. The molecule has 0 aliphatic carbocycles. The molecule has 0 spiro atoms. The van der Waals surface area contributed by atoms with Gasteiger partial charge in [-0.3, -0.25) is 0 Å². The summed E-state index contributed by atoms with van der Waals surface area (Å²) < 4.78 is 5.55. The van der Waals surface area contributed by atoms with Gasteiger partial charge in [-0.1, -0.05) is 24.3 Å². The highest BCUT2D eigenvalue weighted by atomic mass is 35.5. The van der Waals surface area contributed by atoms with Gasteiger partial charge in [-0.25, -0.2) is 0 Å². The number of nitrogens with one attached hydrogen (secondary N) is 1. The predicted molar refractivity (Wildman–Crippen MR) is 66.7 cm³/mol. The van der Waals surface area contributed by atoms with Crippen LogP contribution < -0.4 is 5.32 Å². The number of hydrogen-bond donors (Lipinski definition) is 1. The van der Waals surface area contributed by atoms with Gasteiger partial charge in [-0.05, 0) is 24.0 Å². The van der Waals surface area contributed by atoms with Gasteiger partial charge in [0.15, 0.2) is 0 Å². The fourth-order valence-corrected chi connectivity index (χ4v) is 2.11. The summed E-state index contributed by atoms with van der Waals surface area (Å²) >= 11 is 5.74. The monoisotopic (exact) mass is 239 g/mol. The van der Waals surface area contributed by atoms with Crippen molar-refractivity contribution in [1.29, 1.82) is 0 Å². The van der Waals surface area contributed by atoms with Crippen LogP contribution in [-0.4, -0.2) is 19.3 Å². The Balaban J connectivity index is 1.71. The van der Waals surface area contributed by atoms with E-state index in [0.29, 0.717) is 12.0 Å². The lowest BCUT2D eigenvalue weighted by Gasteiger charge is -2.10. The summed E-state index contributed by atoms with van der Waals surface area (Å²) in [7, 11) is 0. The maximum Gasteiger partial charge on any atom is 0.0700 e. The van der Waals surface area contributed by atoms with Crippen LogP contribution in [0.15, 0.2) is 24.3 Å². The van der Waals surface area contributed by atoms with Gasteiger partial charge in [0.25, 0.3) is 0 Å². The van der Waals surface area contributed by atoms with Gasteiger partial charge in [0, 0.05) is 25.6 Å². The van der Waals surface area contributed by atoms with Crippen molar-refractivity contribution >= 4 is 11.6 Å². The van der Waals surface area contributed by atoms with E-state index in [1.54, 1.807) is 0 Å². The molecule has 0 bridgehead atoms. The molecule has 0 amide bonds. The van der Waals surface area contributed by atoms with Crippen LogP contribution in [-0.2, 0) is 17.2 Å². The summed E-state index contributed by atoms with van der Waals surface area (Å²) in [4.78, 5) is 0. The van der Waals surface area contributed by atoms with Gasteiger partial charge in [0.2, 0.25) is 0 Å². The zero-order valence-corrected chi connectivity index (χ0v) is 10.2. The molecule has 1 N–H and O–H groups in total. The lowest BCUT2D eigenvalue weighted by molar-refractivity contribution is 0.110. The summed E-state index contributed by atoms with van der Waals surface area (Å²) in [5.41, 5.74) is 2.47. The average Bonchev–Trinajstić information content (AvgIpc) is 2.83. The summed E-state index contributed by atoms with van der Waals surface area (Å²) in [6, 6.07) is 8.41. The predicted octanol–water partition coefficient (Wildman–Crippen LogP) is 2.69. The van der Waals surface area contributed by atoms with Crippen LogP contribution in [0.3, 0.4) is 0 Å². The van der Waals surface area contributed by atoms with E-state index in [1.807, 2.05) is 0 Å². The molecule has 0 radical (unpaired) electrons. The van der Waals surface area contributed by atoms with Crippen molar-refractivity contribution in [2.75, 3.05) is 13.2 Å². The van der Waals surface area contributed by atoms with Gasteiger partial charge < -0.3 is 10.1 Å². The van der Waals surface area contributed by atoms with Crippen molar-refractivity contribution in [3.8, 4) is 0 Å². The molecule has 0 aromatic heterocycles. The molecule has 2 nitrogen and oxygen atoms in total. The van der Waals surface area contributed by atoms with Crippen LogP contribution >= 0.6 is 11.6 Å². The molecule has 2 rings (SSSR count). The molecule has 1 aromatic rings. The summed E-state index contributed by atoms with van der Waals surface area (Å²) in [5.74, 6) is 0.587. The van der Waals surface area contributed by atoms with Crippen molar-refractivity contribution in [1.82, 2.24) is 5.32 Å². The van der Waals surface area contributed by atoms with E-state index in [1.165, 1.54) is 24.0 Å². The average molecular weight is 240 g/mol. The Hall–Kier alpha value is -0.570. The molecule has 1 unspecified atom stereocenters. The molecule has 88 valence electrons. The molecule has 1 aromatic carbocycles. The van der Waals surface area contributed by atoms with Gasteiger partial charge >= 0.3 is 0 Å². The zero-order valence-electron chi connectivity index (χ0n) is 9.42. The third-order valence-corrected chi connectivity index (χ3v) is 3.21. The van der Waals surface area contributed by atoms with Crippen LogP contribution in [0.1, 0.15) is 24.0 Å². The Morgan fingerprint density at radius 3 is 2.62 bits per heavy atom. The maximum absolute atomic E-state index is 5.74. The summed E-state index contributed by atoms with van der Waals surface area (Å²) in [5, 5.41) is 3.42. The Morgan fingerprint density at radius 2 is 2.00 bits per heavy atom. The Morgan fingerprint density at radius 1 is 1.25 bits per heavy atom. The molecule has 1 atom stereocenters. The normalized spacial score (nSPS) is 20.2. The molecule has 1 heterocycles. The molecule has 1 aliphatic heterocycles. The lowest BCUT2D eigenvalue weighted by atomic mass is 10.1. The van der Waals surface area contributed by atoms with Gasteiger partial charge in [-0.2, -0.15) is 0 Å². The van der Waals surface area contributed by atoms with Crippen molar-refractivity contribution in [3.05, 3.63) is 35.4 Å². The second kappa shape index (κ2) is 6.24. The van der Waals surface area contributed by atoms with Crippen molar-refractivity contribution < 1.29 is 4.74 Å². The van der Waals surface area contributed by atoms with Gasteiger partial charge in [0.1, 0.15) is 0 Å². The smallest absolute Gasteiger partial charge is 0.0700 e. The molecule has 16 heavy (non-hydrogen) atoms. The fraction of sp³-hybridized carbons (Fsp3) is 0.538. The fourth-order valence-electron chi connectivity index (χ4n) is 1.93. The third kappa shape index (κ3) is 3.48. The maximum atomic E-state index is 5.74. The van der Waals surface area contributed by atoms with Crippen molar-refractivity contribution in [2.24, 2.45) is 0 Å². The van der Waals surface area contributed by atoms with Crippen LogP contribution in [0.4, 0.5) is 0 Å². The van der Waals surface area contributed by atoms with E-state index in [0.717, 1.165) is 19.7 Å². The molecular weight excluding hydrogens is 222 g/mol. The van der Waals surface area contributed by atoms with Crippen molar-refractivity contribution in [3.63, 3.8) is 0 Å². The second-order valence-electron chi connectivity index (χ2n) is 4.22. The second-order valence-corrected chi connectivity index (χ2v) is 4.48. The van der Waals surface area contributed by atoms with E-state index in [-0.39, 0.29) is 0 Å². The Bertz CT molecular complexity index is 306. The first-order valence-electron chi connectivity index (χ1n) is 5.84. The minimum atomic E-state index is 0.419. The number of alkyl halides is 1. The van der Waals surface area contributed by atoms with Gasteiger partial charge in [-0.15, -0.1) is 11.6 Å². The van der Waals surface area contributed by atoms with Crippen LogP contribution in [0, 0.1) is 0 Å². The topological polar surface area (TPSA) is 21.3 Å². The highest BCUT2D eigenvalue weighted by Gasteiger charge is 2.14. The first kappa shape index (κ1) is 11.9. The molecule has 1 aliphatic rings. The third-order valence-electron chi connectivity index (χ3n) is 2.90. The Kier molecular flexibility index (Phi) is 4.64. The van der Waals surface area contributed by atoms with Crippen LogP contribution in [0.25, 0.3) is 0 Å². The Labute approximate surface area is 102 Å². The number of rotatable bonds is 5. The molecule has 3 heteroatoms. The first-order chi connectivity index (χ1) is 7.88. The zero-order chi connectivity index (χ0) is 11.2. The molecule has 1 fully saturated rings. The highest BCUT2D eigenvalue weighted by Crippen LogP contribution is 2.11. The van der Waals surface area contributed by atoms with Crippen molar-refractivity contribution in [2.45, 2.75) is 31.4 Å². The minimum Gasteiger partial charge on any atom is -0.377 e.